The van der Waals surface area contributed by atoms with Crippen LogP contribution in [-0.4, -0.2) is 13.1 Å². The Morgan fingerprint density at radius 3 is 2.04 bits per heavy atom. The molecule has 0 aliphatic carbocycles. The van der Waals surface area contributed by atoms with E-state index < -0.39 is 41.4 Å². The van der Waals surface area contributed by atoms with Gasteiger partial charge in [-0.3, -0.25) is 0 Å². The van der Waals surface area contributed by atoms with Gasteiger partial charge in [-0.15, -0.1) is 0 Å². The summed E-state index contributed by atoms with van der Waals surface area (Å²) >= 11 is 0. The lowest BCUT2D eigenvalue weighted by Gasteiger charge is -2.25. The molecule has 0 saturated carbocycles. The van der Waals surface area contributed by atoms with Crippen molar-refractivity contribution in [2.24, 2.45) is 0 Å². The summed E-state index contributed by atoms with van der Waals surface area (Å²) < 4.78 is 73.3. The average molecular weight is 357 g/mol. The zero-order valence-electron chi connectivity index (χ0n) is 13.2. The van der Waals surface area contributed by atoms with Crippen LogP contribution in [-0.2, 0) is 6.61 Å². The summed E-state index contributed by atoms with van der Waals surface area (Å²) in [5.41, 5.74) is 0.485. The van der Waals surface area contributed by atoms with Crippen molar-refractivity contribution in [2.75, 3.05) is 13.1 Å². The average Bonchev–Trinajstić information content (AvgIpc) is 2.54. The Kier molecular flexibility index (Phi) is 5.22. The lowest BCUT2D eigenvalue weighted by atomic mass is 9.86. The number of benzene rings is 2. The van der Waals surface area contributed by atoms with Gasteiger partial charge in [-0.25, -0.2) is 22.0 Å². The molecule has 0 radical (unpaired) electrons. The molecule has 7 heteroatoms. The maximum absolute atomic E-state index is 14.3. The van der Waals surface area contributed by atoms with Crippen LogP contribution in [0, 0.1) is 29.1 Å². The minimum Gasteiger partial charge on any atom is -0.483 e. The fourth-order valence-corrected chi connectivity index (χ4v) is 3.14. The second-order valence-corrected chi connectivity index (χ2v) is 5.97. The van der Waals surface area contributed by atoms with Crippen LogP contribution >= 0.6 is 0 Å². The van der Waals surface area contributed by atoms with Crippen molar-refractivity contribution in [3.8, 4) is 5.75 Å². The molecule has 0 spiro atoms. The Morgan fingerprint density at radius 1 is 0.840 bits per heavy atom. The predicted octanol–water partition coefficient (Wildman–Crippen LogP) is 4.43. The highest BCUT2D eigenvalue weighted by Crippen LogP contribution is 2.32. The smallest absolute Gasteiger partial charge is 0.191 e. The van der Waals surface area contributed by atoms with Crippen molar-refractivity contribution >= 4 is 0 Å². The Bertz CT molecular complexity index is 751. The van der Waals surface area contributed by atoms with Gasteiger partial charge < -0.3 is 10.1 Å². The molecule has 0 bridgehead atoms. The molecule has 1 saturated heterocycles. The van der Waals surface area contributed by atoms with Crippen molar-refractivity contribution < 1.29 is 26.7 Å². The van der Waals surface area contributed by atoms with E-state index in [1.54, 1.807) is 0 Å². The first kappa shape index (κ1) is 17.7. The van der Waals surface area contributed by atoms with E-state index in [-0.39, 0.29) is 11.5 Å². The molecular weight excluding hydrogens is 341 g/mol. The summed E-state index contributed by atoms with van der Waals surface area (Å²) in [6.07, 6.45) is 1.32. The third-order valence-electron chi connectivity index (χ3n) is 4.26. The van der Waals surface area contributed by atoms with E-state index in [2.05, 4.69) is 5.32 Å². The van der Waals surface area contributed by atoms with E-state index in [4.69, 9.17) is 4.74 Å². The van der Waals surface area contributed by atoms with E-state index in [0.29, 0.717) is 43.6 Å². The van der Waals surface area contributed by atoms with Crippen LogP contribution in [0.2, 0.25) is 0 Å². The van der Waals surface area contributed by atoms with Crippen molar-refractivity contribution in [1.29, 1.82) is 0 Å². The first-order valence-corrected chi connectivity index (χ1v) is 7.91. The Morgan fingerprint density at radius 2 is 1.40 bits per heavy atom. The number of ether oxygens (including phenoxy) is 1. The maximum atomic E-state index is 14.3. The van der Waals surface area contributed by atoms with E-state index in [0.717, 1.165) is 12.1 Å². The molecule has 1 aliphatic rings. The second kappa shape index (κ2) is 7.39. The SMILES string of the molecule is Fc1cc(F)c(OCc2cc(F)cc(F)c2C2CCNCC2)c(F)c1. The molecule has 2 aromatic rings. The molecule has 3 rings (SSSR count). The van der Waals surface area contributed by atoms with Crippen molar-refractivity contribution in [2.45, 2.75) is 25.4 Å². The van der Waals surface area contributed by atoms with Crippen LogP contribution in [0.15, 0.2) is 24.3 Å². The number of rotatable bonds is 4. The quantitative estimate of drug-likeness (QED) is 0.818. The minimum absolute atomic E-state index is 0.136. The second-order valence-electron chi connectivity index (χ2n) is 5.97. The summed E-state index contributed by atoms with van der Waals surface area (Å²) in [7, 11) is 0. The Hall–Kier alpha value is -2.15. The van der Waals surface area contributed by atoms with Gasteiger partial charge in [-0.2, -0.15) is 0 Å². The predicted molar refractivity (Wildman–Crippen MR) is 81.9 cm³/mol. The normalized spacial score (nSPS) is 15.4. The first-order valence-electron chi connectivity index (χ1n) is 7.91. The van der Waals surface area contributed by atoms with Crippen molar-refractivity contribution in [1.82, 2.24) is 5.32 Å². The molecule has 0 amide bonds. The third kappa shape index (κ3) is 3.92. The highest BCUT2D eigenvalue weighted by atomic mass is 19.2. The fourth-order valence-electron chi connectivity index (χ4n) is 3.14. The lowest BCUT2D eigenvalue weighted by Crippen LogP contribution is -2.27. The maximum Gasteiger partial charge on any atom is 0.191 e. The molecule has 0 atom stereocenters. The van der Waals surface area contributed by atoms with E-state index in [9.17, 15) is 22.0 Å². The Balaban J connectivity index is 1.89. The third-order valence-corrected chi connectivity index (χ3v) is 4.26. The minimum atomic E-state index is -1.21. The molecule has 1 fully saturated rings. The molecule has 0 unspecified atom stereocenters. The van der Waals surface area contributed by atoms with E-state index in [1.807, 2.05) is 0 Å². The van der Waals surface area contributed by atoms with Gasteiger partial charge in [0.05, 0.1) is 0 Å². The monoisotopic (exact) mass is 357 g/mol. The van der Waals surface area contributed by atoms with Gasteiger partial charge >= 0.3 is 0 Å². The number of nitrogens with one attached hydrogen (secondary N) is 1. The largest absolute Gasteiger partial charge is 0.483 e. The topological polar surface area (TPSA) is 21.3 Å². The summed E-state index contributed by atoms with van der Waals surface area (Å²) in [6.45, 7) is 0.972. The van der Waals surface area contributed by atoms with Gasteiger partial charge in [0.1, 0.15) is 24.1 Å². The number of hydrogen-bond donors (Lipinski definition) is 1. The van der Waals surface area contributed by atoms with Gasteiger partial charge in [-0.05, 0) is 49.0 Å². The molecule has 25 heavy (non-hydrogen) atoms. The molecular formula is C18H16F5NO. The summed E-state index contributed by atoms with van der Waals surface area (Å²) in [5.74, 6) is -5.91. The van der Waals surface area contributed by atoms with Crippen LogP contribution in [0.25, 0.3) is 0 Å². The van der Waals surface area contributed by atoms with Gasteiger partial charge in [0, 0.05) is 18.2 Å². The van der Waals surface area contributed by atoms with Crippen LogP contribution in [0.4, 0.5) is 22.0 Å². The molecule has 134 valence electrons. The highest BCUT2D eigenvalue weighted by Gasteiger charge is 2.24. The van der Waals surface area contributed by atoms with Gasteiger partial charge in [0.25, 0.3) is 0 Å². The van der Waals surface area contributed by atoms with Crippen LogP contribution < -0.4 is 10.1 Å². The molecule has 0 aromatic heterocycles. The fraction of sp³-hybridized carbons (Fsp3) is 0.333. The molecule has 2 aromatic carbocycles. The van der Waals surface area contributed by atoms with Crippen LogP contribution in [0.1, 0.15) is 29.9 Å². The number of halogens is 5. The summed E-state index contributed by atoms with van der Waals surface area (Å²) in [4.78, 5) is 0. The van der Waals surface area contributed by atoms with Gasteiger partial charge in [0.15, 0.2) is 17.4 Å². The standard InChI is InChI=1S/C18H16F5NO/c19-12-5-11(9-25-18-15(22)7-13(20)8-16(18)23)17(14(21)6-12)10-1-3-24-4-2-10/h5-8,10,24H,1-4,9H2. The van der Waals surface area contributed by atoms with Crippen molar-refractivity contribution in [3.05, 3.63) is 64.5 Å². The number of piperidine rings is 1. The zero-order chi connectivity index (χ0) is 18.0. The van der Waals surface area contributed by atoms with E-state index >= 15 is 0 Å². The molecule has 2 nitrogen and oxygen atoms in total. The lowest BCUT2D eigenvalue weighted by molar-refractivity contribution is 0.268. The molecule has 1 heterocycles. The van der Waals surface area contributed by atoms with Gasteiger partial charge in [-0.1, -0.05) is 0 Å². The summed E-state index contributed by atoms with van der Waals surface area (Å²) in [5, 5.41) is 3.15. The van der Waals surface area contributed by atoms with Crippen molar-refractivity contribution in [3.63, 3.8) is 0 Å². The Labute approximate surface area is 141 Å². The molecule has 1 N–H and O–H groups in total. The first-order chi connectivity index (χ1) is 12.0. The number of hydrogen-bond acceptors (Lipinski definition) is 2. The van der Waals surface area contributed by atoms with Crippen LogP contribution in [0.3, 0.4) is 0 Å². The summed E-state index contributed by atoms with van der Waals surface area (Å²) in [6, 6.07) is 2.86. The van der Waals surface area contributed by atoms with E-state index in [1.165, 1.54) is 0 Å². The highest BCUT2D eigenvalue weighted by molar-refractivity contribution is 5.34. The molecule has 1 aliphatic heterocycles. The zero-order valence-corrected chi connectivity index (χ0v) is 13.2. The van der Waals surface area contributed by atoms with Gasteiger partial charge in [0.2, 0.25) is 0 Å². The van der Waals surface area contributed by atoms with Crippen LogP contribution in [0.5, 0.6) is 5.75 Å².